The van der Waals surface area contributed by atoms with Crippen molar-refractivity contribution in [2.45, 2.75) is 32.7 Å². The lowest BCUT2D eigenvalue weighted by molar-refractivity contribution is -0.155. The molecule has 2 aromatic heterocycles. The average Bonchev–Trinajstić information content (AvgIpc) is 3.46. The number of methoxy groups -OCH3 is 1. The van der Waals surface area contributed by atoms with Crippen molar-refractivity contribution in [2.75, 3.05) is 32.1 Å². The number of carbonyl (C=O) groups is 2. The molecule has 48 heavy (non-hydrogen) atoms. The molecule has 1 amide bonds. The zero-order valence-corrected chi connectivity index (χ0v) is 28.0. The number of fused-ring (bicyclic) bond motifs is 1. The van der Waals surface area contributed by atoms with Crippen LogP contribution in [-0.2, 0) is 30.0 Å². The summed E-state index contributed by atoms with van der Waals surface area (Å²) in [5.41, 5.74) is 2.97. The van der Waals surface area contributed by atoms with Gasteiger partial charge in [-0.2, -0.15) is 0 Å². The predicted octanol–water partition coefficient (Wildman–Crippen LogP) is 4.66. The summed E-state index contributed by atoms with van der Waals surface area (Å²) in [4.78, 5) is 57.1. The maximum absolute atomic E-state index is 15.6. The van der Waals surface area contributed by atoms with E-state index in [4.69, 9.17) is 26.1 Å². The number of pyridine rings is 1. The minimum Gasteiger partial charge on any atom is -0.481 e. The van der Waals surface area contributed by atoms with E-state index in [1.807, 2.05) is 6.07 Å². The molecule has 1 fully saturated rings. The summed E-state index contributed by atoms with van der Waals surface area (Å²) in [7, 11) is 4.30. The Morgan fingerprint density at radius 2 is 1.88 bits per heavy atom. The predicted molar refractivity (Wildman–Crippen MR) is 179 cm³/mol. The van der Waals surface area contributed by atoms with Gasteiger partial charge in [0.15, 0.2) is 0 Å². The number of likely N-dealkylation sites (tertiary alicyclic amines) is 1. The number of halogens is 2. The van der Waals surface area contributed by atoms with Gasteiger partial charge in [-0.1, -0.05) is 23.7 Å². The summed E-state index contributed by atoms with van der Waals surface area (Å²) in [6.45, 7) is 5.10. The zero-order chi connectivity index (χ0) is 34.4. The molecule has 1 saturated heterocycles. The van der Waals surface area contributed by atoms with E-state index in [1.54, 1.807) is 45.2 Å². The van der Waals surface area contributed by atoms with Crippen molar-refractivity contribution >= 4 is 29.2 Å². The van der Waals surface area contributed by atoms with Crippen LogP contribution in [0.1, 0.15) is 46.4 Å². The standard InChI is InChI=1S/C35H35ClFN5O6/c1-6-48-34(45)20-15-42(16-20)27-13-10-19-14-26(39-32(47-5)28(19)27)22-11-12-24(37)29(30(22)36)21-8-7-9-25(18(21)2)38-31(43)23-17-40(3)35(46)41(4)33(23)44/h7-9,11-12,14,17,20,27H,6,10,13,15-16H2,1-5H3,(H,38,43)/t27-/m1/s1. The lowest BCUT2D eigenvalue weighted by atomic mass is 9.94. The Labute approximate surface area is 280 Å². The second-order valence-corrected chi connectivity index (χ2v) is 12.4. The molecule has 0 bridgehead atoms. The fraction of sp³-hybridized carbons (Fsp3) is 0.343. The van der Waals surface area contributed by atoms with Crippen molar-refractivity contribution in [1.82, 2.24) is 19.0 Å². The average molecular weight is 676 g/mol. The Bertz CT molecular complexity index is 2090. The maximum Gasteiger partial charge on any atom is 0.330 e. The van der Waals surface area contributed by atoms with Gasteiger partial charge < -0.3 is 19.4 Å². The number of esters is 1. The molecule has 3 heterocycles. The van der Waals surface area contributed by atoms with Gasteiger partial charge in [-0.05, 0) is 67.6 Å². The van der Waals surface area contributed by atoms with Gasteiger partial charge >= 0.3 is 11.7 Å². The third-order valence-corrected chi connectivity index (χ3v) is 9.60. The first-order valence-corrected chi connectivity index (χ1v) is 16.0. The fourth-order valence-corrected chi connectivity index (χ4v) is 6.96. The molecule has 6 rings (SSSR count). The van der Waals surface area contributed by atoms with E-state index in [0.717, 1.165) is 33.1 Å². The molecular formula is C35H35ClFN5O6. The van der Waals surface area contributed by atoms with Crippen LogP contribution in [0.15, 0.2) is 52.2 Å². The van der Waals surface area contributed by atoms with E-state index < -0.39 is 23.0 Å². The summed E-state index contributed by atoms with van der Waals surface area (Å²) in [6.07, 6.45) is 2.80. The molecule has 1 aliphatic heterocycles. The number of hydrogen-bond acceptors (Lipinski definition) is 8. The molecular weight excluding hydrogens is 641 g/mol. The third-order valence-electron chi connectivity index (χ3n) is 9.20. The van der Waals surface area contributed by atoms with Gasteiger partial charge in [0.1, 0.15) is 11.4 Å². The summed E-state index contributed by atoms with van der Waals surface area (Å²) < 4.78 is 28.6. The van der Waals surface area contributed by atoms with Crippen LogP contribution < -0.4 is 21.3 Å². The fourth-order valence-electron chi connectivity index (χ4n) is 6.61. The number of nitrogens with one attached hydrogen (secondary N) is 1. The number of ether oxygens (including phenoxy) is 2. The van der Waals surface area contributed by atoms with E-state index in [1.165, 1.54) is 26.4 Å². The van der Waals surface area contributed by atoms with Gasteiger partial charge in [0.25, 0.3) is 11.5 Å². The Balaban J connectivity index is 1.32. The second kappa shape index (κ2) is 13.0. The van der Waals surface area contributed by atoms with E-state index >= 15 is 4.39 Å². The van der Waals surface area contributed by atoms with Crippen LogP contribution >= 0.6 is 11.6 Å². The van der Waals surface area contributed by atoms with Gasteiger partial charge in [0, 0.05) is 61.8 Å². The van der Waals surface area contributed by atoms with Gasteiger partial charge in [0.05, 0.1) is 30.4 Å². The first-order chi connectivity index (χ1) is 22.9. The normalized spacial score (nSPS) is 15.9. The van der Waals surface area contributed by atoms with Crippen molar-refractivity contribution in [1.29, 1.82) is 0 Å². The number of carbonyl (C=O) groups excluding carboxylic acids is 2. The van der Waals surface area contributed by atoms with E-state index in [0.29, 0.717) is 53.6 Å². The number of benzene rings is 2. The Morgan fingerprint density at radius 3 is 2.58 bits per heavy atom. The van der Waals surface area contributed by atoms with Crippen LogP contribution in [0.4, 0.5) is 10.1 Å². The topological polar surface area (TPSA) is 125 Å². The minimum absolute atomic E-state index is 0.0583. The Morgan fingerprint density at radius 1 is 1.12 bits per heavy atom. The zero-order valence-electron chi connectivity index (χ0n) is 27.2. The molecule has 1 atom stereocenters. The highest BCUT2D eigenvalue weighted by molar-refractivity contribution is 6.36. The summed E-state index contributed by atoms with van der Waals surface area (Å²) >= 11 is 6.97. The summed E-state index contributed by atoms with van der Waals surface area (Å²) in [6, 6.07) is 9.91. The van der Waals surface area contributed by atoms with E-state index in [9.17, 15) is 19.2 Å². The molecule has 0 radical (unpaired) electrons. The van der Waals surface area contributed by atoms with Crippen LogP contribution in [0.3, 0.4) is 0 Å². The molecule has 0 unspecified atom stereocenters. The van der Waals surface area contributed by atoms with Gasteiger partial charge in [-0.25, -0.2) is 14.2 Å². The SMILES string of the molecule is CCOC(=O)C1CN([C@@H]2CCc3cc(-c4ccc(F)c(-c5cccc(NC(=O)c6cn(C)c(=O)n(C)c6=O)c5C)c4Cl)nc(OC)c32)C1. The number of aryl methyl sites for hydroxylation is 2. The van der Waals surface area contributed by atoms with Crippen LogP contribution in [0, 0.1) is 18.7 Å². The first kappa shape index (κ1) is 33.1. The van der Waals surface area contributed by atoms with Crippen LogP contribution in [0.5, 0.6) is 5.88 Å². The molecule has 0 spiro atoms. The molecule has 4 aromatic rings. The quantitative estimate of drug-likeness (QED) is 0.268. The summed E-state index contributed by atoms with van der Waals surface area (Å²) in [5, 5.41) is 2.86. The highest BCUT2D eigenvalue weighted by Gasteiger charge is 2.42. The lowest BCUT2D eigenvalue weighted by Gasteiger charge is -2.42. The van der Waals surface area contributed by atoms with Crippen molar-refractivity contribution < 1.29 is 23.5 Å². The van der Waals surface area contributed by atoms with Crippen molar-refractivity contribution in [2.24, 2.45) is 20.0 Å². The highest BCUT2D eigenvalue weighted by Crippen LogP contribution is 2.46. The van der Waals surface area contributed by atoms with Crippen molar-refractivity contribution in [3.05, 3.63) is 96.5 Å². The number of aromatic nitrogens is 3. The van der Waals surface area contributed by atoms with Crippen LogP contribution in [0.2, 0.25) is 5.02 Å². The first-order valence-electron chi connectivity index (χ1n) is 15.6. The molecule has 1 N–H and O–H groups in total. The molecule has 2 aliphatic rings. The van der Waals surface area contributed by atoms with E-state index in [-0.39, 0.29) is 34.1 Å². The monoisotopic (exact) mass is 675 g/mol. The second-order valence-electron chi connectivity index (χ2n) is 12.1. The number of amides is 1. The van der Waals surface area contributed by atoms with Crippen molar-refractivity contribution in [3.8, 4) is 28.3 Å². The van der Waals surface area contributed by atoms with Crippen molar-refractivity contribution in [3.63, 3.8) is 0 Å². The number of anilines is 1. The Kier molecular flexibility index (Phi) is 8.97. The van der Waals surface area contributed by atoms with E-state index in [2.05, 4.69) is 10.2 Å². The minimum atomic E-state index is -0.736. The Hall–Kier alpha value is -4.81. The lowest BCUT2D eigenvalue weighted by Crippen LogP contribution is -2.51. The largest absolute Gasteiger partial charge is 0.481 e. The highest BCUT2D eigenvalue weighted by atomic mass is 35.5. The molecule has 13 heteroatoms. The van der Waals surface area contributed by atoms with Gasteiger partial charge in [0.2, 0.25) is 5.88 Å². The number of rotatable bonds is 8. The molecule has 250 valence electrons. The van der Waals surface area contributed by atoms with Gasteiger partial charge in [-0.3, -0.25) is 23.9 Å². The van der Waals surface area contributed by atoms with Gasteiger partial charge in [-0.15, -0.1) is 0 Å². The van der Waals surface area contributed by atoms with Crippen LogP contribution in [0.25, 0.3) is 22.4 Å². The summed E-state index contributed by atoms with van der Waals surface area (Å²) in [5.74, 6) is -1.14. The number of nitrogens with zero attached hydrogens (tertiary/aromatic N) is 4. The third kappa shape index (κ3) is 5.68. The smallest absolute Gasteiger partial charge is 0.330 e. The van der Waals surface area contributed by atoms with Crippen LogP contribution in [-0.4, -0.2) is 57.7 Å². The maximum atomic E-state index is 15.6. The molecule has 1 aliphatic carbocycles. The molecule has 11 nitrogen and oxygen atoms in total. The molecule has 2 aromatic carbocycles. The number of hydrogen-bond donors (Lipinski definition) is 1. The molecule has 0 saturated carbocycles.